The molecule has 3 aromatic rings. The Morgan fingerprint density at radius 1 is 1.30 bits per heavy atom. The highest BCUT2D eigenvalue weighted by Crippen LogP contribution is 2.16. The molecule has 3 rings (SSSR count). The van der Waals surface area contributed by atoms with E-state index in [-0.39, 0.29) is 0 Å². The van der Waals surface area contributed by atoms with Crippen molar-refractivity contribution in [2.75, 3.05) is 12.4 Å². The number of fused-ring (bicyclic) bond motifs is 1. The molecule has 0 saturated heterocycles. The van der Waals surface area contributed by atoms with E-state index >= 15 is 0 Å². The van der Waals surface area contributed by atoms with Gasteiger partial charge in [-0.2, -0.15) is 0 Å². The molecule has 118 valence electrons. The van der Waals surface area contributed by atoms with Crippen LogP contribution in [0.1, 0.15) is 11.4 Å². The first kappa shape index (κ1) is 14.9. The van der Waals surface area contributed by atoms with E-state index in [0.29, 0.717) is 12.5 Å². The van der Waals surface area contributed by atoms with Crippen molar-refractivity contribution in [3.8, 4) is 5.75 Å². The van der Waals surface area contributed by atoms with Crippen molar-refractivity contribution in [3.63, 3.8) is 0 Å². The van der Waals surface area contributed by atoms with Gasteiger partial charge in [-0.3, -0.25) is 0 Å². The lowest BCUT2D eigenvalue weighted by Crippen LogP contribution is -2.22. The van der Waals surface area contributed by atoms with Gasteiger partial charge in [0.2, 0.25) is 0 Å². The number of guanidine groups is 1. The molecule has 0 aliphatic carbocycles. The number of imidazole rings is 1. The smallest absolute Gasteiger partial charge is 0.193 e. The Kier molecular flexibility index (Phi) is 4.14. The van der Waals surface area contributed by atoms with Crippen LogP contribution >= 0.6 is 0 Å². The Morgan fingerprint density at radius 2 is 2.13 bits per heavy atom. The number of aryl methyl sites for hydroxylation is 1. The molecule has 6 heteroatoms. The third kappa shape index (κ3) is 3.42. The number of ether oxygens (including phenoxy) is 1. The average molecular weight is 309 g/mol. The molecule has 0 fully saturated rings. The zero-order chi connectivity index (χ0) is 16.2. The van der Waals surface area contributed by atoms with Crippen LogP contribution in [0.3, 0.4) is 0 Å². The number of aromatic nitrogens is 2. The molecule has 2 aromatic heterocycles. The van der Waals surface area contributed by atoms with Crippen molar-refractivity contribution in [2.45, 2.75) is 13.5 Å². The van der Waals surface area contributed by atoms with Crippen LogP contribution in [0.4, 0.5) is 5.69 Å². The van der Waals surface area contributed by atoms with Gasteiger partial charge in [0.25, 0.3) is 0 Å². The zero-order valence-corrected chi connectivity index (χ0v) is 13.2. The first-order valence-corrected chi connectivity index (χ1v) is 7.30. The number of pyridine rings is 1. The molecule has 0 spiro atoms. The van der Waals surface area contributed by atoms with Crippen LogP contribution in [0.25, 0.3) is 5.65 Å². The molecular formula is C17H19N5O. The third-order valence-electron chi connectivity index (χ3n) is 3.50. The second kappa shape index (κ2) is 6.39. The van der Waals surface area contributed by atoms with Gasteiger partial charge in [0.1, 0.15) is 11.4 Å². The van der Waals surface area contributed by atoms with Crippen molar-refractivity contribution in [1.29, 1.82) is 0 Å². The van der Waals surface area contributed by atoms with Gasteiger partial charge in [-0.05, 0) is 31.2 Å². The Hall–Kier alpha value is -3.02. The van der Waals surface area contributed by atoms with E-state index in [2.05, 4.69) is 15.3 Å². The fraction of sp³-hybridized carbons (Fsp3) is 0.176. The lowest BCUT2D eigenvalue weighted by molar-refractivity contribution is 0.415. The van der Waals surface area contributed by atoms with E-state index in [1.807, 2.05) is 60.0 Å². The Bertz CT molecular complexity index is 853. The Labute approximate surface area is 134 Å². The van der Waals surface area contributed by atoms with Crippen LogP contribution in [0.5, 0.6) is 5.75 Å². The van der Waals surface area contributed by atoms with Gasteiger partial charge in [-0.1, -0.05) is 12.1 Å². The number of rotatable bonds is 4. The summed E-state index contributed by atoms with van der Waals surface area (Å²) in [6.45, 7) is 2.46. The highest BCUT2D eigenvalue weighted by Gasteiger charge is 2.03. The molecule has 0 atom stereocenters. The Balaban J connectivity index is 1.71. The molecule has 0 bridgehead atoms. The normalized spacial score (nSPS) is 11.7. The highest BCUT2D eigenvalue weighted by atomic mass is 16.5. The van der Waals surface area contributed by atoms with Crippen molar-refractivity contribution < 1.29 is 4.74 Å². The minimum absolute atomic E-state index is 0.340. The van der Waals surface area contributed by atoms with Crippen molar-refractivity contribution >= 4 is 17.3 Å². The summed E-state index contributed by atoms with van der Waals surface area (Å²) >= 11 is 0. The minimum Gasteiger partial charge on any atom is -0.497 e. The quantitative estimate of drug-likeness (QED) is 0.573. The summed E-state index contributed by atoms with van der Waals surface area (Å²) in [5.74, 6) is 1.10. The van der Waals surface area contributed by atoms with Crippen LogP contribution in [-0.2, 0) is 6.54 Å². The minimum atomic E-state index is 0.340. The predicted octanol–water partition coefficient (Wildman–Crippen LogP) is 2.58. The molecule has 3 N–H and O–H groups in total. The van der Waals surface area contributed by atoms with Crippen LogP contribution in [0.2, 0.25) is 0 Å². The summed E-state index contributed by atoms with van der Waals surface area (Å²) in [5, 5.41) is 3.05. The molecule has 0 radical (unpaired) electrons. The summed E-state index contributed by atoms with van der Waals surface area (Å²) in [6, 6.07) is 13.5. The van der Waals surface area contributed by atoms with Crippen LogP contribution in [0, 0.1) is 6.92 Å². The third-order valence-corrected chi connectivity index (χ3v) is 3.50. The summed E-state index contributed by atoms with van der Waals surface area (Å²) in [5.41, 5.74) is 9.68. The van der Waals surface area contributed by atoms with Gasteiger partial charge in [0.05, 0.1) is 19.3 Å². The SMILES string of the molecule is COc1cccc(NC(N)=NCc2cn3c(C)cccc3n2)c1. The number of hydrogen-bond donors (Lipinski definition) is 2. The van der Waals surface area contributed by atoms with Gasteiger partial charge in [0, 0.05) is 23.6 Å². The van der Waals surface area contributed by atoms with E-state index in [9.17, 15) is 0 Å². The highest BCUT2D eigenvalue weighted by molar-refractivity contribution is 5.92. The first-order chi connectivity index (χ1) is 11.2. The molecule has 0 saturated carbocycles. The molecule has 0 aliphatic rings. The second-order valence-electron chi connectivity index (χ2n) is 5.19. The summed E-state index contributed by atoms with van der Waals surface area (Å²) < 4.78 is 7.22. The maximum Gasteiger partial charge on any atom is 0.193 e. The maximum absolute atomic E-state index is 5.93. The number of nitrogens with two attached hydrogens (primary N) is 1. The molecule has 6 nitrogen and oxygen atoms in total. The van der Waals surface area contributed by atoms with E-state index in [1.54, 1.807) is 7.11 Å². The van der Waals surface area contributed by atoms with Crippen LogP contribution < -0.4 is 15.8 Å². The number of nitrogens with zero attached hydrogens (tertiary/aromatic N) is 3. The summed E-state index contributed by atoms with van der Waals surface area (Å²) in [7, 11) is 1.63. The zero-order valence-electron chi connectivity index (χ0n) is 13.2. The number of anilines is 1. The maximum atomic E-state index is 5.93. The molecule has 0 unspecified atom stereocenters. The second-order valence-corrected chi connectivity index (χ2v) is 5.19. The van der Waals surface area contributed by atoms with Gasteiger partial charge >= 0.3 is 0 Å². The monoisotopic (exact) mass is 309 g/mol. The topological polar surface area (TPSA) is 76.9 Å². The number of nitrogens with one attached hydrogen (secondary N) is 1. The van der Waals surface area contributed by atoms with Gasteiger partial charge in [-0.15, -0.1) is 0 Å². The number of aliphatic imine (C=N–C) groups is 1. The fourth-order valence-corrected chi connectivity index (χ4v) is 2.33. The molecule has 23 heavy (non-hydrogen) atoms. The fourth-order valence-electron chi connectivity index (χ4n) is 2.33. The van der Waals surface area contributed by atoms with E-state index in [0.717, 1.165) is 28.5 Å². The molecule has 0 aliphatic heterocycles. The molecule has 1 aromatic carbocycles. The molecule has 2 heterocycles. The van der Waals surface area contributed by atoms with Crippen LogP contribution in [0.15, 0.2) is 53.7 Å². The lowest BCUT2D eigenvalue weighted by Gasteiger charge is -2.06. The van der Waals surface area contributed by atoms with Crippen molar-refractivity contribution in [2.24, 2.45) is 10.7 Å². The average Bonchev–Trinajstić information content (AvgIpc) is 2.98. The van der Waals surface area contributed by atoms with Gasteiger partial charge in [0.15, 0.2) is 5.96 Å². The van der Waals surface area contributed by atoms with Gasteiger partial charge in [-0.25, -0.2) is 9.98 Å². The van der Waals surface area contributed by atoms with Crippen LogP contribution in [-0.4, -0.2) is 22.5 Å². The number of methoxy groups -OCH3 is 1. The van der Waals surface area contributed by atoms with Gasteiger partial charge < -0.3 is 20.2 Å². The summed E-state index contributed by atoms with van der Waals surface area (Å²) in [6.07, 6.45) is 1.98. The van der Waals surface area contributed by atoms with Crippen molar-refractivity contribution in [1.82, 2.24) is 9.38 Å². The van der Waals surface area contributed by atoms with E-state index < -0.39 is 0 Å². The molecule has 0 amide bonds. The standard InChI is InChI=1S/C17H19N5O/c1-12-5-3-8-16-20-14(11-22(12)16)10-19-17(18)21-13-6-4-7-15(9-13)23-2/h3-9,11H,10H2,1-2H3,(H3,18,19,21). The van der Waals surface area contributed by atoms with Crippen molar-refractivity contribution in [3.05, 3.63) is 60.0 Å². The summed E-state index contributed by atoms with van der Waals surface area (Å²) in [4.78, 5) is 8.87. The number of hydrogen-bond acceptors (Lipinski definition) is 3. The molecular weight excluding hydrogens is 290 g/mol. The van der Waals surface area contributed by atoms with E-state index in [4.69, 9.17) is 10.5 Å². The largest absolute Gasteiger partial charge is 0.497 e. The van der Waals surface area contributed by atoms with E-state index in [1.165, 1.54) is 0 Å². The lowest BCUT2D eigenvalue weighted by atomic mass is 10.3. The Morgan fingerprint density at radius 3 is 2.91 bits per heavy atom. The first-order valence-electron chi connectivity index (χ1n) is 7.30. The predicted molar refractivity (Wildman–Crippen MR) is 91.9 cm³/mol. The number of benzene rings is 1.